The van der Waals surface area contributed by atoms with Gasteiger partial charge in [0.25, 0.3) is 0 Å². The Balaban J connectivity index is 1.98. The van der Waals surface area contributed by atoms with Gasteiger partial charge in [-0.3, -0.25) is 9.98 Å². The molecule has 0 heterocycles. The Hall–Kier alpha value is -1.26. The van der Waals surface area contributed by atoms with Crippen LogP contribution in [0.25, 0.3) is 0 Å². The van der Waals surface area contributed by atoms with Gasteiger partial charge < -0.3 is 0 Å². The molecule has 0 aliphatic heterocycles. The van der Waals surface area contributed by atoms with Crippen molar-refractivity contribution < 1.29 is 0 Å². The average molecular weight is 366 g/mol. The molecule has 90 valence electrons. The van der Waals surface area contributed by atoms with Crippen molar-refractivity contribution in [3.63, 3.8) is 0 Å². The first-order valence-corrected chi connectivity index (χ1v) is 6.90. The predicted molar refractivity (Wildman–Crippen MR) is 84.6 cm³/mol. The van der Waals surface area contributed by atoms with E-state index in [0.717, 1.165) is 20.3 Å². The molecule has 0 aromatic heterocycles. The molecule has 2 rings (SSSR count). The van der Waals surface area contributed by atoms with Gasteiger partial charge in [-0.1, -0.05) is 31.9 Å². The van der Waals surface area contributed by atoms with E-state index in [1.165, 1.54) is 0 Å². The zero-order valence-electron chi connectivity index (χ0n) is 9.42. The molecule has 0 bridgehead atoms. The quantitative estimate of drug-likeness (QED) is 0.658. The van der Waals surface area contributed by atoms with E-state index in [0.29, 0.717) is 0 Å². The zero-order chi connectivity index (χ0) is 12.8. The van der Waals surface area contributed by atoms with Crippen LogP contribution in [0.2, 0.25) is 0 Å². The third-order valence-corrected chi connectivity index (χ3v) is 3.22. The zero-order valence-corrected chi connectivity index (χ0v) is 12.6. The molecule has 0 N–H and O–H groups in total. The lowest BCUT2D eigenvalue weighted by Gasteiger charge is -1.93. The summed E-state index contributed by atoms with van der Waals surface area (Å²) in [5.74, 6) is 0. The summed E-state index contributed by atoms with van der Waals surface area (Å²) in [7, 11) is 0. The number of halogens is 2. The van der Waals surface area contributed by atoms with E-state index in [2.05, 4.69) is 41.8 Å². The lowest BCUT2D eigenvalue weighted by atomic mass is 10.3. The van der Waals surface area contributed by atoms with Gasteiger partial charge in [0.05, 0.1) is 11.4 Å². The van der Waals surface area contributed by atoms with Crippen LogP contribution in [0.4, 0.5) is 11.4 Å². The van der Waals surface area contributed by atoms with E-state index >= 15 is 0 Å². The van der Waals surface area contributed by atoms with Crippen molar-refractivity contribution in [2.75, 3.05) is 0 Å². The molecular weight excluding hydrogens is 356 g/mol. The van der Waals surface area contributed by atoms with Crippen LogP contribution in [0.15, 0.2) is 67.5 Å². The van der Waals surface area contributed by atoms with Crippen LogP contribution < -0.4 is 0 Å². The molecule has 0 unspecified atom stereocenters. The summed E-state index contributed by atoms with van der Waals surface area (Å²) in [5.41, 5.74) is 1.81. The lowest BCUT2D eigenvalue weighted by molar-refractivity contribution is 1.51. The molecule has 0 spiro atoms. The molecule has 2 aromatic carbocycles. The number of hydrogen-bond acceptors (Lipinski definition) is 2. The van der Waals surface area contributed by atoms with Gasteiger partial charge in [0.2, 0.25) is 0 Å². The summed E-state index contributed by atoms with van der Waals surface area (Å²) in [6.45, 7) is 0. The summed E-state index contributed by atoms with van der Waals surface area (Å²) in [5, 5.41) is 0. The number of benzene rings is 2. The van der Waals surface area contributed by atoms with Crippen LogP contribution in [0, 0.1) is 0 Å². The van der Waals surface area contributed by atoms with Crippen LogP contribution in [0.5, 0.6) is 0 Å². The Labute approximate surface area is 123 Å². The SMILES string of the molecule is Brc1ccc(N=CC=Nc2ccc(Br)cc2)cc1. The smallest absolute Gasteiger partial charge is 0.0631 e. The summed E-state index contributed by atoms with van der Waals surface area (Å²) < 4.78 is 2.09. The molecule has 0 radical (unpaired) electrons. The van der Waals surface area contributed by atoms with Gasteiger partial charge in [-0.2, -0.15) is 0 Å². The minimum absolute atomic E-state index is 0.903. The highest BCUT2D eigenvalue weighted by Crippen LogP contribution is 2.17. The topological polar surface area (TPSA) is 24.7 Å². The Morgan fingerprint density at radius 3 is 1.28 bits per heavy atom. The van der Waals surface area contributed by atoms with E-state index in [1.807, 2.05) is 48.5 Å². The fourth-order valence-corrected chi connectivity index (χ4v) is 1.82. The first kappa shape index (κ1) is 13.2. The van der Waals surface area contributed by atoms with Crippen molar-refractivity contribution in [1.29, 1.82) is 0 Å². The van der Waals surface area contributed by atoms with Gasteiger partial charge in [-0.15, -0.1) is 0 Å². The number of hydrogen-bond donors (Lipinski definition) is 0. The molecular formula is C14H10Br2N2. The second-order valence-electron chi connectivity index (χ2n) is 3.51. The van der Waals surface area contributed by atoms with Crippen molar-refractivity contribution in [2.45, 2.75) is 0 Å². The summed E-state index contributed by atoms with van der Waals surface area (Å²) in [6.07, 6.45) is 3.37. The highest BCUT2D eigenvalue weighted by atomic mass is 79.9. The molecule has 0 fully saturated rings. The van der Waals surface area contributed by atoms with E-state index in [-0.39, 0.29) is 0 Å². The highest BCUT2D eigenvalue weighted by molar-refractivity contribution is 9.10. The maximum atomic E-state index is 4.28. The molecule has 0 amide bonds. The van der Waals surface area contributed by atoms with Crippen LogP contribution in [-0.4, -0.2) is 12.4 Å². The van der Waals surface area contributed by atoms with Gasteiger partial charge in [0, 0.05) is 21.4 Å². The van der Waals surface area contributed by atoms with Crippen LogP contribution in [0.1, 0.15) is 0 Å². The summed E-state index contributed by atoms with van der Waals surface area (Å²) in [6, 6.07) is 15.6. The first-order chi connectivity index (χ1) is 8.74. The average Bonchev–Trinajstić information content (AvgIpc) is 2.39. The Bertz CT molecular complexity index is 504. The van der Waals surface area contributed by atoms with Crippen molar-refractivity contribution >= 4 is 55.7 Å². The van der Waals surface area contributed by atoms with E-state index in [4.69, 9.17) is 0 Å². The van der Waals surface area contributed by atoms with Crippen molar-refractivity contribution in [3.8, 4) is 0 Å². The van der Waals surface area contributed by atoms with E-state index < -0.39 is 0 Å². The largest absolute Gasteiger partial charge is 0.255 e. The standard InChI is InChI=1S/C14H10Br2N2/c15-11-1-5-13(6-2-11)17-9-10-18-14-7-3-12(16)4-8-14/h1-10H. The molecule has 0 aliphatic carbocycles. The third-order valence-electron chi connectivity index (χ3n) is 2.17. The van der Waals surface area contributed by atoms with Crippen LogP contribution >= 0.6 is 31.9 Å². The highest BCUT2D eigenvalue weighted by Gasteiger charge is 1.88. The van der Waals surface area contributed by atoms with E-state index in [1.54, 1.807) is 12.4 Å². The molecule has 0 saturated heterocycles. The van der Waals surface area contributed by atoms with Crippen molar-refractivity contribution in [2.24, 2.45) is 9.98 Å². The Morgan fingerprint density at radius 2 is 0.944 bits per heavy atom. The maximum Gasteiger partial charge on any atom is 0.0631 e. The number of rotatable bonds is 3. The Kier molecular flexibility index (Phi) is 4.84. The molecule has 4 heteroatoms. The lowest BCUT2D eigenvalue weighted by Crippen LogP contribution is -1.75. The van der Waals surface area contributed by atoms with E-state index in [9.17, 15) is 0 Å². The third kappa shape index (κ3) is 4.20. The molecule has 0 saturated carbocycles. The normalized spacial score (nSPS) is 11.4. The first-order valence-electron chi connectivity index (χ1n) is 5.32. The summed E-state index contributed by atoms with van der Waals surface area (Å²) in [4.78, 5) is 8.55. The predicted octanol–water partition coefficient (Wildman–Crippen LogP) is 5.32. The second kappa shape index (κ2) is 6.61. The van der Waals surface area contributed by atoms with Gasteiger partial charge >= 0.3 is 0 Å². The van der Waals surface area contributed by atoms with Crippen LogP contribution in [0.3, 0.4) is 0 Å². The molecule has 18 heavy (non-hydrogen) atoms. The molecule has 0 aliphatic rings. The van der Waals surface area contributed by atoms with Gasteiger partial charge in [-0.05, 0) is 48.5 Å². The Morgan fingerprint density at radius 1 is 0.611 bits per heavy atom. The second-order valence-corrected chi connectivity index (χ2v) is 5.34. The minimum atomic E-state index is 0.903. The monoisotopic (exact) mass is 364 g/mol. The number of aliphatic imine (C=N–C) groups is 2. The fraction of sp³-hybridized carbons (Fsp3) is 0. The molecule has 2 nitrogen and oxygen atoms in total. The summed E-state index contributed by atoms with van der Waals surface area (Å²) >= 11 is 6.76. The molecule has 0 atom stereocenters. The van der Waals surface area contributed by atoms with Crippen LogP contribution in [-0.2, 0) is 0 Å². The number of nitrogens with zero attached hydrogens (tertiary/aromatic N) is 2. The van der Waals surface area contributed by atoms with Gasteiger partial charge in [0.1, 0.15) is 0 Å². The van der Waals surface area contributed by atoms with Gasteiger partial charge in [-0.25, -0.2) is 0 Å². The van der Waals surface area contributed by atoms with Crippen molar-refractivity contribution in [1.82, 2.24) is 0 Å². The van der Waals surface area contributed by atoms with Crippen molar-refractivity contribution in [3.05, 3.63) is 57.5 Å². The fourth-order valence-electron chi connectivity index (χ4n) is 1.29. The maximum absolute atomic E-state index is 4.28. The minimum Gasteiger partial charge on any atom is -0.255 e. The van der Waals surface area contributed by atoms with Gasteiger partial charge in [0.15, 0.2) is 0 Å². The molecule has 2 aromatic rings.